The maximum Gasteiger partial charge on any atom is 0.256 e. The molecule has 1 aliphatic rings. The van der Waals surface area contributed by atoms with Gasteiger partial charge in [0.05, 0.1) is 5.56 Å². The van der Waals surface area contributed by atoms with E-state index in [2.05, 4.69) is 11.1 Å². The van der Waals surface area contributed by atoms with Crippen LogP contribution in [0.4, 0.5) is 10.3 Å². The number of benzene rings is 2. The molecule has 1 saturated heterocycles. The summed E-state index contributed by atoms with van der Waals surface area (Å²) in [5.41, 5.74) is 1.04. The number of nitrogens with zero attached hydrogens (tertiary/aromatic N) is 4. The molecule has 2 aromatic carbocycles. The van der Waals surface area contributed by atoms with Crippen LogP contribution in [0.25, 0.3) is 12.2 Å². The Labute approximate surface area is 183 Å². The van der Waals surface area contributed by atoms with Gasteiger partial charge in [0.25, 0.3) is 5.91 Å². The maximum atomic E-state index is 13.9. The summed E-state index contributed by atoms with van der Waals surface area (Å²) in [7, 11) is 0. The second kappa shape index (κ2) is 9.02. The number of amides is 1. The van der Waals surface area contributed by atoms with Crippen LogP contribution in [0.3, 0.4) is 0 Å². The molecule has 1 amide bonds. The van der Waals surface area contributed by atoms with Gasteiger partial charge in [-0.15, -0.1) is 0 Å². The fourth-order valence-corrected chi connectivity index (χ4v) is 3.57. The lowest BCUT2D eigenvalue weighted by Gasteiger charge is -2.34. The monoisotopic (exact) mass is 436 g/mol. The summed E-state index contributed by atoms with van der Waals surface area (Å²) >= 11 is 6.15. The van der Waals surface area contributed by atoms with Gasteiger partial charge in [-0.05, 0) is 29.8 Å². The van der Waals surface area contributed by atoms with Crippen LogP contribution in [0.5, 0.6) is 0 Å². The number of aromatic nitrogens is 1. The highest BCUT2D eigenvalue weighted by Crippen LogP contribution is 2.25. The molecule has 0 unspecified atom stereocenters. The molecular weight excluding hydrogens is 419 g/mol. The lowest BCUT2D eigenvalue weighted by atomic mass is 10.1. The molecule has 8 heteroatoms. The van der Waals surface area contributed by atoms with Crippen molar-refractivity contribution in [2.45, 2.75) is 0 Å². The Hall–Kier alpha value is -3.63. The minimum atomic E-state index is -0.535. The molecule has 0 saturated carbocycles. The van der Waals surface area contributed by atoms with Gasteiger partial charge in [-0.3, -0.25) is 4.79 Å². The van der Waals surface area contributed by atoms with E-state index in [1.165, 1.54) is 12.1 Å². The summed E-state index contributed by atoms with van der Waals surface area (Å²) in [6.07, 6.45) is 3.42. The molecule has 3 aromatic rings. The highest BCUT2D eigenvalue weighted by molar-refractivity contribution is 6.32. The van der Waals surface area contributed by atoms with E-state index < -0.39 is 5.82 Å². The van der Waals surface area contributed by atoms with Crippen LogP contribution in [0.15, 0.2) is 52.9 Å². The third-order valence-corrected chi connectivity index (χ3v) is 5.34. The summed E-state index contributed by atoms with van der Waals surface area (Å²) in [6.45, 7) is 1.64. The molecule has 0 N–H and O–H groups in total. The van der Waals surface area contributed by atoms with Crippen molar-refractivity contribution in [3.8, 4) is 6.07 Å². The predicted molar refractivity (Wildman–Crippen MR) is 116 cm³/mol. The lowest BCUT2D eigenvalue weighted by Crippen LogP contribution is -2.49. The smallest absolute Gasteiger partial charge is 0.256 e. The lowest BCUT2D eigenvalue weighted by molar-refractivity contribution is 0.0740. The molecule has 1 fully saturated rings. The van der Waals surface area contributed by atoms with E-state index in [-0.39, 0.29) is 23.1 Å². The highest BCUT2D eigenvalue weighted by atomic mass is 35.5. The van der Waals surface area contributed by atoms with E-state index in [9.17, 15) is 14.4 Å². The predicted octanol–water partition coefficient (Wildman–Crippen LogP) is 4.47. The normalized spacial score (nSPS) is 14.1. The summed E-state index contributed by atoms with van der Waals surface area (Å²) in [5.74, 6) is -0.235. The first kappa shape index (κ1) is 20.6. The third kappa shape index (κ3) is 4.44. The Morgan fingerprint density at radius 1 is 1.10 bits per heavy atom. The molecule has 0 aliphatic carbocycles. The first-order chi connectivity index (χ1) is 15.1. The average molecular weight is 437 g/mol. The fourth-order valence-electron chi connectivity index (χ4n) is 3.38. The quantitative estimate of drug-likeness (QED) is 0.603. The third-order valence-electron chi connectivity index (χ3n) is 5.00. The first-order valence-electron chi connectivity index (χ1n) is 9.69. The molecule has 1 aliphatic heterocycles. The zero-order valence-electron chi connectivity index (χ0n) is 16.5. The zero-order valence-corrected chi connectivity index (χ0v) is 17.2. The van der Waals surface area contributed by atoms with Crippen molar-refractivity contribution in [1.82, 2.24) is 9.88 Å². The second-order valence-corrected chi connectivity index (χ2v) is 7.34. The minimum absolute atomic E-state index is 0.0559. The molecule has 4 rings (SSSR count). The molecule has 6 nitrogen and oxygen atoms in total. The van der Waals surface area contributed by atoms with E-state index in [0.29, 0.717) is 37.1 Å². The molecule has 0 spiro atoms. The fraction of sp³-hybridized carbons (Fsp3) is 0.174. The van der Waals surface area contributed by atoms with Crippen molar-refractivity contribution in [3.63, 3.8) is 0 Å². The minimum Gasteiger partial charge on any atom is -0.420 e. The van der Waals surface area contributed by atoms with Gasteiger partial charge in [-0.1, -0.05) is 41.9 Å². The number of carbonyl (C=O) groups is 1. The number of halogens is 2. The Balaban J connectivity index is 1.46. The molecule has 0 atom stereocenters. The van der Waals surface area contributed by atoms with Crippen LogP contribution >= 0.6 is 11.6 Å². The van der Waals surface area contributed by atoms with Gasteiger partial charge in [-0.2, -0.15) is 10.2 Å². The second-order valence-electron chi connectivity index (χ2n) is 6.93. The van der Waals surface area contributed by atoms with E-state index in [1.807, 2.05) is 23.1 Å². The molecule has 1 aromatic heterocycles. The number of oxazole rings is 1. The standard InChI is InChI=1S/C23H18ClFN4O2/c24-18-7-3-1-5-16(18)9-10-21-27-20(15-26)23(31-21)29-13-11-28(12-14-29)22(30)17-6-2-4-8-19(17)25/h1-10H,11-14H2/b10-9+. The van der Waals surface area contributed by atoms with Crippen LogP contribution in [-0.4, -0.2) is 42.0 Å². The van der Waals surface area contributed by atoms with Gasteiger partial charge in [0.2, 0.25) is 17.5 Å². The van der Waals surface area contributed by atoms with E-state index in [1.54, 1.807) is 35.3 Å². The summed E-state index contributed by atoms with van der Waals surface area (Å²) in [5, 5.41) is 10.1. The molecular formula is C23H18ClFN4O2. The Kier molecular flexibility index (Phi) is 6.01. The number of piperazine rings is 1. The summed E-state index contributed by atoms with van der Waals surface area (Å²) < 4.78 is 19.7. The van der Waals surface area contributed by atoms with E-state index >= 15 is 0 Å². The molecule has 0 radical (unpaired) electrons. The number of nitriles is 1. The average Bonchev–Trinajstić information content (AvgIpc) is 3.22. The molecule has 2 heterocycles. The largest absolute Gasteiger partial charge is 0.420 e. The number of hydrogen-bond donors (Lipinski definition) is 0. The van der Waals surface area contributed by atoms with Gasteiger partial charge < -0.3 is 14.2 Å². The Morgan fingerprint density at radius 2 is 1.81 bits per heavy atom. The van der Waals surface area contributed by atoms with Crippen LogP contribution in [0.1, 0.15) is 27.5 Å². The Morgan fingerprint density at radius 3 is 2.52 bits per heavy atom. The van der Waals surface area contributed by atoms with Gasteiger partial charge in [-0.25, -0.2) is 4.39 Å². The maximum absolute atomic E-state index is 13.9. The highest BCUT2D eigenvalue weighted by Gasteiger charge is 2.27. The number of hydrogen-bond acceptors (Lipinski definition) is 5. The molecule has 0 bridgehead atoms. The van der Waals surface area contributed by atoms with Crippen LogP contribution in [0.2, 0.25) is 5.02 Å². The van der Waals surface area contributed by atoms with Gasteiger partial charge in [0.1, 0.15) is 11.9 Å². The van der Waals surface area contributed by atoms with Crippen LogP contribution in [0, 0.1) is 17.1 Å². The van der Waals surface area contributed by atoms with Gasteiger partial charge >= 0.3 is 0 Å². The Bertz CT molecular complexity index is 1180. The topological polar surface area (TPSA) is 73.4 Å². The van der Waals surface area contributed by atoms with Crippen LogP contribution < -0.4 is 4.90 Å². The van der Waals surface area contributed by atoms with Crippen molar-refractivity contribution in [3.05, 3.63) is 82.1 Å². The van der Waals surface area contributed by atoms with Crippen molar-refractivity contribution in [2.24, 2.45) is 0 Å². The van der Waals surface area contributed by atoms with Crippen molar-refractivity contribution in [2.75, 3.05) is 31.1 Å². The molecule has 156 valence electrons. The van der Waals surface area contributed by atoms with E-state index in [0.717, 1.165) is 5.56 Å². The number of rotatable bonds is 4. The van der Waals surface area contributed by atoms with Crippen molar-refractivity contribution >= 4 is 35.5 Å². The van der Waals surface area contributed by atoms with Crippen LogP contribution in [-0.2, 0) is 0 Å². The van der Waals surface area contributed by atoms with E-state index in [4.69, 9.17) is 16.0 Å². The SMILES string of the molecule is N#Cc1nc(/C=C/c2ccccc2Cl)oc1N1CCN(C(=O)c2ccccc2F)CC1. The first-order valence-corrected chi connectivity index (χ1v) is 10.1. The number of anilines is 1. The van der Waals surface area contributed by atoms with Crippen molar-refractivity contribution in [1.29, 1.82) is 5.26 Å². The zero-order chi connectivity index (χ0) is 21.8. The number of carbonyl (C=O) groups excluding carboxylic acids is 1. The summed E-state index contributed by atoms with van der Waals surface area (Å²) in [6, 6.07) is 15.3. The van der Waals surface area contributed by atoms with Gasteiger partial charge in [0, 0.05) is 37.3 Å². The molecule has 31 heavy (non-hydrogen) atoms. The summed E-state index contributed by atoms with van der Waals surface area (Å²) in [4.78, 5) is 20.3. The van der Waals surface area contributed by atoms with Gasteiger partial charge in [0.15, 0.2) is 0 Å². The van der Waals surface area contributed by atoms with Crippen molar-refractivity contribution < 1.29 is 13.6 Å².